The van der Waals surface area contributed by atoms with E-state index in [4.69, 9.17) is 5.73 Å². The summed E-state index contributed by atoms with van der Waals surface area (Å²) in [5.41, 5.74) is 5.80. The Hall–Kier alpha value is -1.43. The molecule has 0 atom stereocenters. The van der Waals surface area contributed by atoms with Crippen molar-refractivity contribution < 1.29 is 9.32 Å². The minimum Gasteiger partial charge on any atom is -0.355 e. The second-order valence-electron chi connectivity index (χ2n) is 4.50. The highest BCUT2D eigenvalue weighted by Gasteiger charge is 2.24. The molecule has 1 amide bonds. The number of carbonyl (C=O) groups excluding carboxylic acids is 1. The Bertz CT molecular complexity index is 344. The molecule has 0 saturated heterocycles. The van der Waals surface area contributed by atoms with Crippen molar-refractivity contribution in [1.82, 2.24) is 15.5 Å². The van der Waals surface area contributed by atoms with Crippen LogP contribution in [0.5, 0.6) is 0 Å². The molecular formula is C11H18N4O2. The third-order valence-electron chi connectivity index (χ3n) is 3.20. The van der Waals surface area contributed by atoms with Gasteiger partial charge in [-0.25, -0.2) is 0 Å². The second-order valence-corrected chi connectivity index (χ2v) is 4.50. The summed E-state index contributed by atoms with van der Waals surface area (Å²) in [6.07, 6.45) is 5.59. The molecule has 0 bridgehead atoms. The van der Waals surface area contributed by atoms with Crippen LogP contribution in [0, 0.1) is 5.92 Å². The molecule has 1 aliphatic carbocycles. The van der Waals surface area contributed by atoms with Crippen LogP contribution in [0.2, 0.25) is 0 Å². The van der Waals surface area contributed by atoms with Gasteiger partial charge in [0.2, 0.25) is 12.3 Å². The van der Waals surface area contributed by atoms with E-state index in [9.17, 15) is 4.79 Å². The number of hydrogen-bond donors (Lipinski definition) is 2. The van der Waals surface area contributed by atoms with Crippen LogP contribution in [0.1, 0.15) is 31.5 Å². The number of aromatic nitrogens is 2. The van der Waals surface area contributed by atoms with Crippen molar-refractivity contribution >= 4 is 5.91 Å². The van der Waals surface area contributed by atoms with Gasteiger partial charge in [-0.1, -0.05) is 5.16 Å². The van der Waals surface area contributed by atoms with Crippen LogP contribution in [0.15, 0.2) is 10.9 Å². The number of nitrogens with zero attached hydrogens (tertiary/aromatic N) is 2. The smallest absolute Gasteiger partial charge is 0.223 e. The van der Waals surface area contributed by atoms with Gasteiger partial charge >= 0.3 is 0 Å². The highest BCUT2D eigenvalue weighted by atomic mass is 16.5. The number of hydrogen-bond acceptors (Lipinski definition) is 5. The van der Waals surface area contributed by atoms with Crippen molar-refractivity contribution in [2.45, 2.75) is 38.1 Å². The fraction of sp³-hybridized carbons (Fsp3) is 0.727. The maximum atomic E-state index is 11.8. The Morgan fingerprint density at radius 3 is 2.88 bits per heavy atom. The number of rotatable bonds is 4. The van der Waals surface area contributed by atoms with Gasteiger partial charge in [0.15, 0.2) is 5.82 Å². The molecule has 1 fully saturated rings. The summed E-state index contributed by atoms with van der Waals surface area (Å²) in [6.45, 7) is 0.556. The van der Waals surface area contributed by atoms with Crippen molar-refractivity contribution in [1.29, 1.82) is 0 Å². The second kappa shape index (κ2) is 5.77. The molecule has 2 rings (SSSR count). The Morgan fingerprint density at radius 2 is 2.24 bits per heavy atom. The normalized spacial score (nSPS) is 24.5. The molecule has 3 N–H and O–H groups in total. The monoisotopic (exact) mass is 238 g/mol. The topological polar surface area (TPSA) is 94.0 Å². The molecule has 94 valence electrons. The molecule has 1 aromatic rings. The Morgan fingerprint density at radius 1 is 1.47 bits per heavy atom. The molecule has 1 heterocycles. The number of nitrogens with one attached hydrogen (secondary N) is 1. The SMILES string of the molecule is NC1CCC(C(=O)NCCc2ncon2)CC1. The van der Waals surface area contributed by atoms with Crippen LogP contribution in [-0.4, -0.2) is 28.6 Å². The van der Waals surface area contributed by atoms with Gasteiger partial charge in [-0.2, -0.15) is 4.98 Å². The maximum Gasteiger partial charge on any atom is 0.223 e. The van der Waals surface area contributed by atoms with E-state index in [2.05, 4.69) is 20.0 Å². The van der Waals surface area contributed by atoms with Crippen LogP contribution in [-0.2, 0) is 11.2 Å². The minimum atomic E-state index is 0.125. The van der Waals surface area contributed by atoms with Gasteiger partial charge in [-0.15, -0.1) is 0 Å². The summed E-state index contributed by atoms with van der Waals surface area (Å²) < 4.78 is 4.61. The standard InChI is InChI=1S/C11H18N4O2/c12-9-3-1-8(2-4-9)11(16)13-6-5-10-14-7-17-15-10/h7-9H,1-6,12H2,(H,13,16). The lowest BCUT2D eigenvalue weighted by Crippen LogP contribution is -2.37. The van der Waals surface area contributed by atoms with E-state index < -0.39 is 0 Å². The number of nitrogens with two attached hydrogens (primary N) is 1. The molecule has 1 aliphatic rings. The van der Waals surface area contributed by atoms with Crippen molar-refractivity contribution in [3.63, 3.8) is 0 Å². The molecule has 0 spiro atoms. The average Bonchev–Trinajstić information content (AvgIpc) is 2.83. The Kier molecular flexibility index (Phi) is 4.08. The van der Waals surface area contributed by atoms with E-state index in [-0.39, 0.29) is 17.9 Å². The van der Waals surface area contributed by atoms with Crippen LogP contribution in [0.4, 0.5) is 0 Å². The van der Waals surface area contributed by atoms with Crippen molar-refractivity contribution in [2.75, 3.05) is 6.54 Å². The third-order valence-corrected chi connectivity index (χ3v) is 3.20. The third kappa shape index (κ3) is 3.52. The largest absolute Gasteiger partial charge is 0.355 e. The lowest BCUT2D eigenvalue weighted by molar-refractivity contribution is -0.125. The molecule has 17 heavy (non-hydrogen) atoms. The summed E-state index contributed by atoms with van der Waals surface area (Å²) in [7, 11) is 0. The molecule has 0 aliphatic heterocycles. The Labute approximate surface area is 99.9 Å². The molecule has 0 radical (unpaired) electrons. The lowest BCUT2D eigenvalue weighted by Gasteiger charge is -2.25. The van der Waals surface area contributed by atoms with Gasteiger partial charge < -0.3 is 15.6 Å². The zero-order valence-corrected chi connectivity index (χ0v) is 9.76. The fourth-order valence-corrected chi connectivity index (χ4v) is 2.13. The van der Waals surface area contributed by atoms with E-state index in [1.165, 1.54) is 6.39 Å². The van der Waals surface area contributed by atoms with E-state index in [0.717, 1.165) is 25.7 Å². The van der Waals surface area contributed by atoms with Gasteiger partial charge in [-0.3, -0.25) is 4.79 Å². The minimum absolute atomic E-state index is 0.125. The summed E-state index contributed by atoms with van der Waals surface area (Å²) in [5, 5.41) is 6.59. The van der Waals surface area contributed by atoms with Crippen molar-refractivity contribution in [3.05, 3.63) is 12.2 Å². The zero-order chi connectivity index (χ0) is 12.1. The first kappa shape index (κ1) is 12.0. The van der Waals surface area contributed by atoms with Crippen LogP contribution >= 0.6 is 0 Å². The van der Waals surface area contributed by atoms with E-state index >= 15 is 0 Å². The Balaban J connectivity index is 1.67. The molecule has 1 aromatic heterocycles. The highest BCUT2D eigenvalue weighted by Crippen LogP contribution is 2.22. The molecule has 6 nitrogen and oxygen atoms in total. The predicted octanol–water partition coefficient (Wildman–Crippen LogP) is 0.246. The molecule has 0 aromatic carbocycles. The first-order valence-electron chi connectivity index (χ1n) is 6.04. The van der Waals surface area contributed by atoms with Crippen LogP contribution in [0.3, 0.4) is 0 Å². The molecular weight excluding hydrogens is 220 g/mol. The van der Waals surface area contributed by atoms with E-state index in [1.807, 2.05) is 0 Å². The van der Waals surface area contributed by atoms with Gasteiger partial charge in [0, 0.05) is 24.9 Å². The first-order chi connectivity index (χ1) is 8.25. The summed E-state index contributed by atoms with van der Waals surface area (Å²) in [5.74, 6) is 0.872. The summed E-state index contributed by atoms with van der Waals surface area (Å²) >= 11 is 0. The predicted molar refractivity (Wildman–Crippen MR) is 60.9 cm³/mol. The van der Waals surface area contributed by atoms with Crippen LogP contribution in [0.25, 0.3) is 0 Å². The molecule has 1 saturated carbocycles. The van der Waals surface area contributed by atoms with Crippen LogP contribution < -0.4 is 11.1 Å². The van der Waals surface area contributed by atoms with Gasteiger partial charge in [-0.05, 0) is 25.7 Å². The van der Waals surface area contributed by atoms with Gasteiger partial charge in [0.1, 0.15) is 0 Å². The fourth-order valence-electron chi connectivity index (χ4n) is 2.13. The zero-order valence-electron chi connectivity index (χ0n) is 9.76. The average molecular weight is 238 g/mol. The first-order valence-corrected chi connectivity index (χ1v) is 6.04. The number of amides is 1. The number of carbonyl (C=O) groups is 1. The van der Waals surface area contributed by atoms with Gasteiger partial charge in [0.25, 0.3) is 0 Å². The molecule has 6 heteroatoms. The highest BCUT2D eigenvalue weighted by molar-refractivity contribution is 5.78. The maximum absolute atomic E-state index is 11.8. The van der Waals surface area contributed by atoms with Crippen molar-refractivity contribution in [2.24, 2.45) is 11.7 Å². The quantitative estimate of drug-likeness (QED) is 0.784. The summed E-state index contributed by atoms with van der Waals surface area (Å²) in [6, 6.07) is 0.276. The van der Waals surface area contributed by atoms with Crippen molar-refractivity contribution in [3.8, 4) is 0 Å². The van der Waals surface area contributed by atoms with Gasteiger partial charge in [0.05, 0.1) is 0 Å². The lowest BCUT2D eigenvalue weighted by atomic mass is 9.86. The summed E-state index contributed by atoms with van der Waals surface area (Å²) in [4.78, 5) is 15.7. The molecule has 0 unspecified atom stereocenters. The van der Waals surface area contributed by atoms with E-state index in [0.29, 0.717) is 18.8 Å². The van der Waals surface area contributed by atoms with E-state index in [1.54, 1.807) is 0 Å².